The van der Waals surface area contributed by atoms with Crippen LogP contribution in [0.5, 0.6) is 5.75 Å². The third kappa shape index (κ3) is 4.20. The van der Waals surface area contributed by atoms with E-state index >= 15 is 0 Å². The van der Waals surface area contributed by atoms with E-state index in [4.69, 9.17) is 28.4 Å². The van der Waals surface area contributed by atoms with Crippen molar-refractivity contribution in [2.45, 2.75) is 19.4 Å². The standard InChI is InChI=1S/C13H17N3O3S/c1-13(2,12(15)18)16-10(17)7-19-9-6-4-3-5-8(9)11(14)20/h3-6H,7H2,1-2H3,(H2,14,20)(H2,15,18)(H,16,17). The number of primary amides is 1. The molecule has 20 heavy (non-hydrogen) atoms. The van der Waals surface area contributed by atoms with E-state index in [1.807, 2.05) is 0 Å². The molecule has 0 saturated heterocycles. The van der Waals surface area contributed by atoms with Gasteiger partial charge in [0, 0.05) is 0 Å². The number of ether oxygens (including phenoxy) is 1. The molecule has 7 heteroatoms. The molecule has 1 aromatic carbocycles. The SMILES string of the molecule is CC(C)(NC(=O)COc1ccccc1C(N)=S)C(N)=O. The Bertz CT molecular complexity index is 543. The van der Waals surface area contributed by atoms with Crippen molar-refractivity contribution in [2.75, 3.05) is 6.61 Å². The van der Waals surface area contributed by atoms with Crippen molar-refractivity contribution in [3.8, 4) is 5.75 Å². The first-order chi connectivity index (χ1) is 9.24. The van der Waals surface area contributed by atoms with Gasteiger partial charge in [0.05, 0.1) is 5.56 Å². The summed E-state index contributed by atoms with van der Waals surface area (Å²) in [7, 11) is 0. The van der Waals surface area contributed by atoms with Gasteiger partial charge in [-0.15, -0.1) is 0 Å². The summed E-state index contributed by atoms with van der Waals surface area (Å²) in [5, 5.41) is 2.47. The monoisotopic (exact) mass is 295 g/mol. The molecule has 0 aliphatic heterocycles. The Balaban J connectivity index is 2.67. The first-order valence-corrected chi connectivity index (χ1v) is 6.27. The van der Waals surface area contributed by atoms with E-state index in [0.717, 1.165) is 0 Å². The topological polar surface area (TPSA) is 107 Å². The lowest BCUT2D eigenvalue weighted by Crippen LogP contribution is -2.54. The number of carbonyl (C=O) groups excluding carboxylic acids is 2. The lowest BCUT2D eigenvalue weighted by atomic mass is 10.1. The van der Waals surface area contributed by atoms with E-state index in [1.165, 1.54) is 13.8 Å². The molecule has 0 bridgehead atoms. The van der Waals surface area contributed by atoms with Crippen LogP contribution in [0.1, 0.15) is 19.4 Å². The zero-order valence-electron chi connectivity index (χ0n) is 11.3. The number of amides is 2. The number of nitrogens with one attached hydrogen (secondary N) is 1. The average Bonchev–Trinajstić information content (AvgIpc) is 2.35. The molecule has 2 amide bonds. The summed E-state index contributed by atoms with van der Waals surface area (Å²) < 4.78 is 5.35. The first kappa shape index (κ1) is 15.9. The Morgan fingerprint density at radius 3 is 2.45 bits per heavy atom. The highest BCUT2D eigenvalue weighted by Crippen LogP contribution is 2.17. The Hall–Kier alpha value is -2.15. The van der Waals surface area contributed by atoms with Crippen molar-refractivity contribution >= 4 is 29.0 Å². The van der Waals surface area contributed by atoms with E-state index in [9.17, 15) is 9.59 Å². The molecule has 0 saturated carbocycles. The third-order valence-corrected chi connectivity index (χ3v) is 2.80. The normalized spacial score (nSPS) is 10.7. The quantitative estimate of drug-likeness (QED) is 0.644. The fourth-order valence-electron chi connectivity index (χ4n) is 1.39. The van der Waals surface area contributed by atoms with Crippen LogP contribution in [0.4, 0.5) is 0 Å². The minimum absolute atomic E-state index is 0.179. The van der Waals surface area contributed by atoms with Gasteiger partial charge in [-0.25, -0.2) is 0 Å². The summed E-state index contributed by atoms with van der Waals surface area (Å²) in [5.41, 5.74) is 10.1. The smallest absolute Gasteiger partial charge is 0.258 e. The van der Waals surface area contributed by atoms with Gasteiger partial charge in [-0.05, 0) is 26.0 Å². The number of carbonyl (C=O) groups is 2. The van der Waals surface area contributed by atoms with Gasteiger partial charge in [-0.3, -0.25) is 9.59 Å². The van der Waals surface area contributed by atoms with E-state index in [0.29, 0.717) is 11.3 Å². The lowest BCUT2D eigenvalue weighted by Gasteiger charge is -2.22. The highest BCUT2D eigenvalue weighted by molar-refractivity contribution is 7.80. The van der Waals surface area contributed by atoms with Gasteiger partial charge in [-0.1, -0.05) is 24.4 Å². The van der Waals surface area contributed by atoms with Crippen molar-refractivity contribution in [1.29, 1.82) is 0 Å². The molecule has 0 aromatic heterocycles. The zero-order valence-corrected chi connectivity index (χ0v) is 12.1. The van der Waals surface area contributed by atoms with Crippen LogP contribution in [-0.2, 0) is 9.59 Å². The summed E-state index contributed by atoms with van der Waals surface area (Å²) >= 11 is 4.89. The maximum absolute atomic E-state index is 11.7. The summed E-state index contributed by atoms with van der Waals surface area (Å²) in [4.78, 5) is 23.0. The zero-order chi connectivity index (χ0) is 15.3. The molecule has 108 valence electrons. The molecule has 0 radical (unpaired) electrons. The van der Waals surface area contributed by atoms with Gasteiger partial charge < -0.3 is 21.5 Å². The molecule has 0 atom stereocenters. The molecule has 0 aliphatic carbocycles. The molecule has 6 nitrogen and oxygen atoms in total. The second-order valence-electron chi connectivity index (χ2n) is 4.69. The van der Waals surface area contributed by atoms with E-state index < -0.39 is 17.4 Å². The van der Waals surface area contributed by atoms with Crippen LogP contribution in [0.25, 0.3) is 0 Å². The van der Waals surface area contributed by atoms with Crippen molar-refractivity contribution in [1.82, 2.24) is 5.32 Å². The molecule has 0 spiro atoms. The highest BCUT2D eigenvalue weighted by Gasteiger charge is 2.26. The Morgan fingerprint density at radius 2 is 1.90 bits per heavy atom. The van der Waals surface area contributed by atoms with Crippen molar-refractivity contribution in [3.63, 3.8) is 0 Å². The predicted octanol–water partition coefficient (Wildman–Crippen LogP) is 0.0797. The maximum Gasteiger partial charge on any atom is 0.258 e. The molecular formula is C13H17N3O3S. The summed E-state index contributed by atoms with van der Waals surface area (Å²) in [5.74, 6) is -0.687. The van der Waals surface area contributed by atoms with Crippen LogP contribution in [0.2, 0.25) is 0 Å². The fraction of sp³-hybridized carbons (Fsp3) is 0.308. The summed E-state index contributed by atoms with van der Waals surface area (Å²) in [6, 6.07) is 6.85. The molecule has 0 heterocycles. The molecule has 5 N–H and O–H groups in total. The minimum Gasteiger partial charge on any atom is -0.483 e. The van der Waals surface area contributed by atoms with Crippen LogP contribution < -0.4 is 21.5 Å². The number of benzene rings is 1. The average molecular weight is 295 g/mol. The van der Waals surface area contributed by atoms with Gasteiger partial charge in [0.1, 0.15) is 16.3 Å². The van der Waals surface area contributed by atoms with Crippen LogP contribution in [0.15, 0.2) is 24.3 Å². The van der Waals surface area contributed by atoms with Crippen molar-refractivity contribution in [3.05, 3.63) is 29.8 Å². The van der Waals surface area contributed by atoms with Gasteiger partial charge in [0.15, 0.2) is 6.61 Å². The third-order valence-electron chi connectivity index (χ3n) is 2.58. The van der Waals surface area contributed by atoms with Crippen molar-refractivity contribution < 1.29 is 14.3 Å². The minimum atomic E-state index is -1.14. The summed E-state index contributed by atoms with van der Waals surface area (Å²) in [6.45, 7) is 2.75. The molecule has 0 fully saturated rings. The molecule has 0 aliphatic rings. The number of hydrogen-bond acceptors (Lipinski definition) is 4. The van der Waals surface area contributed by atoms with Crippen LogP contribution >= 0.6 is 12.2 Å². The number of hydrogen-bond donors (Lipinski definition) is 3. The van der Waals surface area contributed by atoms with Crippen molar-refractivity contribution in [2.24, 2.45) is 11.5 Å². The Kier molecular flexibility index (Phi) is 5.04. The number of nitrogens with two attached hydrogens (primary N) is 2. The second-order valence-corrected chi connectivity index (χ2v) is 5.13. The molecular weight excluding hydrogens is 278 g/mol. The van der Waals surface area contributed by atoms with Crippen LogP contribution in [0, 0.1) is 0 Å². The Morgan fingerprint density at radius 1 is 1.30 bits per heavy atom. The van der Waals surface area contributed by atoms with Gasteiger partial charge >= 0.3 is 0 Å². The second kappa shape index (κ2) is 6.33. The molecule has 1 rings (SSSR count). The molecule has 1 aromatic rings. The number of para-hydroxylation sites is 1. The van der Waals surface area contributed by atoms with E-state index in [1.54, 1.807) is 24.3 Å². The summed E-state index contributed by atoms with van der Waals surface area (Å²) in [6.07, 6.45) is 0. The lowest BCUT2D eigenvalue weighted by molar-refractivity contribution is -0.131. The van der Waals surface area contributed by atoms with Crippen LogP contribution in [0.3, 0.4) is 0 Å². The first-order valence-electron chi connectivity index (χ1n) is 5.86. The highest BCUT2D eigenvalue weighted by atomic mass is 32.1. The largest absolute Gasteiger partial charge is 0.483 e. The number of thiocarbonyl (C=S) groups is 1. The van der Waals surface area contributed by atoms with E-state index in [-0.39, 0.29) is 11.6 Å². The maximum atomic E-state index is 11.7. The number of rotatable bonds is 6. The van der Waals surface area contributed by atoms with Gasteiger partial charge in [-0.2, -0.15) is 0 Å². The fourth-order valence-corrected chi connectivity index (χ4v) is 1.55. The predicted molar refractivity (Wildman–Crippen MR) is 79.2 cm³/mol. The Labute approximate surface area is 122 Å². The van der Waals surface area contributed by atoms with Gasteiger partial charge in [0.25, 0.3) is 5.91 Å². The van der Waals surface area contributed by atoms with E-state index in [2.05, 4.69) is 5.32 Å². The van der Waals surface area contributed by atoms with Crippen LogP contribution in [-0.4, -0.2) is 28.9 Å². The van der Waals surface area contributed by atoms with Gasteiger partial charge in [0.2, 0.25) is 5.91 Å². The molecule has 0 unspecified atom stereocenters.